The lowest BCUT2D eigenvalue weighted by Gasteiger charge is -2.45. The molecule has 0 aliphatic carbocycles. The zero-order chi connectivity index (χ0) is 21.6. The smallest absolute Gasteiger partial charge is 0.261 e. The molecule has 0 N–H and O–H groups in total. The molecule has 2 aliphatic heterocycles. The number of hydrogen-bond acceptors (Lipinski definition) is 2. The van der Waals surface area contributed by atoms with Crippen LogP contribution in [-0.4, -0.2) is 50.2 Å². The molecule has 3 unspecified atom stereocenters. The van der Waals surface area contributed by atoms with Gasteiger partial charge in [-0.05, 0) is 15.4 Å². The zero-order valence-electron chi connectivity index (χ0n) is 17.8. The molecule has 2 fully saturated rings. The summed E-state index contributed by atoms with van der Waals surface area (Å²) in [6, 6.07) is 20.3. The Hall–Kier alpha value is -2.05. The first kappa shape index (κ1) is 21.2. The Labute approximate surface area is 178 Å². The molecule has 2 aromatic rings. The van der Waals surface area contributed by atoms with E-state index in [-0.39, 0.29) is 31.0 Å². The molecule has 0 aromatic heterocycles. The highest BCUT2D eigenvalue weighted by molar-refractivity contribution is 6.99. The van der Waals surface area contributed by atoms with E-state index in [2.05, 4.69) is 45.0 Å². The molecular weight excluding hydrogens is 400 g/mol. The lowest BCUT2D eigenvalue weighted by Crippen LogP contribution is -2.68. The van der Waals surface area contributed by atoms with Gasteiger partial charge in [0.25, 0.3) is 14.2 Å². The van der Waals surface area contributed by atoms with Gasteiger partial charge >= 0.3 is 0 Å². The van der Waals surface area contributed by atoms with Crippen molar-refractivity contribution in [3.8, 4) is 0 Å². The second kappa shape index (κ2) is 7.57. The molecule has 2 aliphatic rings. The molecule has 2 aromatic carbocycles. The molecule has 3 nitrogen and oxygen atoms in total. The highest BCUT2D eigenvalue weighted by Gasteiger charge is 2.59. The van der Waals surface area contributed by atoms with Gasteiger partial charge in [-0.15, -0.1) is 0 Å². The summed E-state index contributed by atoms with van der Waals surface area (Å²) in [5.41, 5.74) is -0.900. The molecule has 6 heteroatoms. The standard InChI is InChI=1S/C24H29F2NO2Si/c1-23(2,3)30(19-10-6-4-7-11-19,20-12-8-5-9-13-20)29-17-24-14-18(25)16-27(24)22(28)21(26)15-24/h4-13,18,21H,14-17H2,1-3H3. The van der Waals surface area contributed by atoms with Gasteiger partial charge in [-0.3, -0.25) is 4.79 Å². The Morgan fingerprint density at radius 1 is 1.00 bits per heavy atom. The lowest BCUT2D eigenvalue weighted by atomic mass is 9.94. The maximum atomic E-state index is 14.4. The lowest BCUT2D eigenvalue weighted by molar-refractivity contribution is -0.133. The highest BCUT2D eigenvalue weighted by Crippen LogP contribution is 2.44. The Morgan fingerprint density at radius 3 is 2.03 bits per heavy atom. The minimum Gasteiger partial charge on any atom is -0.405 e. The number of alkyl halides is 2. The predicted molar refractivity (Wildman–Crippen MR) is 117 cm³/mol. The number of nitrogens with zero attached hydrogens (tertiary/aromatic N) is 1. The van der Waals surface area contributed by atoms with Crippen molar-refractivity contribution in [2.24, 2.45) is 0 Å². The van der Waals surface area contributed by atoms with Crippen molar-refractivity contribution in [2.75, 3.05) is 13.2 Å². The molecule has 3 atom stereocenters. The molecule has 0 bridgehead atoms. The van der Waals surface area contributed by atoms with Crippen LogP contribution in [0, 0.1) is 0 Å². The fraction of sp³-hybridized carbons (Fsp3) is 0.458. The van der Waals surface area contributed by atoms with Crippen LogP contribution >= 0.6 is 0 Å². The van der Waals surface area contributed by atoms with Gasteiger partial charge in [-0.25, -0.2) is 8.78 Å². The molecule has 0 radical (unpaired) electrons. The van der Waals surface area contributed by atoms with Gasteiger partial charge in [-0.2, -0.15) is 0 Å². The van der Waals surface area contributed by atoms with E-state index in [0.717, 1.165) is 10.4 Å². The Kier molecular flexibility index (Phi) is 5.35. The predicted octanol–water partition coefficient (Wildman–Crippen LogP) is 3.61. The van der Waals surface area contributed by atoms with Crippen molar-refractivity contribution >= 4 is 24.6 Å². The van der Waals surface area contributed by atoms with Crippen molar-refractivity contribution in [1.82, 2.24) is 4.90 Å². The number of carbonyl (C=O) groups excluding carboxylic acids is 1. The van der Waals surface area contributed by atoms with Crippen LogP contribution in [0.25, 0.3) is 0 Å². The summed E-state index contributed by atoms with van der Waals surface area (Å²) in [5.74, 6) is -0.596. The van der Waals surface area contributed by atoms with E-state index in [1.54, 1.807) is 0 Å². The number of fused-ring (bicyclic) bond motifs is 1. The largest absolute Gasteiger partial charge is 0.405 e. The minimum absolute atomic E-state index is 0.00442. The summed E-state index contributed by atoms with van der Waals surface area (Å²) in [6.45, 7) is 6.60. The summed E-state index contributed by atoms with van der Waals surface area (Å²) in [5, 5.41) is 1.99. The van der Waals surface area contributed by atoms with Crippen LogP contribution in [0.2, 0.25) is 5.04 Å². The second-order valence-electron chi connectivity index (χ2n) is 9.60. The third-order valence-electron chi connectivity index (χ3n) is 6.62. The summed E-state index contributed by atoms with van der Waals surface area (Å²) >= 11 is 0. The van der Waals surface area contributed by atoms with Crippen LogP contribution in [0.3, 0.4) is 0 Å². The van der Waals surface area contributed by atoms with Gasteiger partial charge in [0.1, 0.15) is 6.17 Å². The number of halogens is 2. The molecular formula is C24H29F2NO2Si. The maximum absolute atomic E-state index is 14.4. The van der Waals surface area contributed by atoms with Crippen LogP contribution in [0.15, 0.2) is 60.7 Å². The van der Waals surface area contributed by atoms with Crippen LogP contribution in [0.5, 0.6) is 0 Å². The molecule has 2 saturated heterocycles. The SMILES string of the molecule is CC(C)(C)[Si](OCC12CC(F)CN1C(=O)C(F)C2)(c1ccccc1)c1ccccc1. The van der Waals surface area contributed by atoms with Gasteiger partial charge < -0.3 is 9.33 Å². The van der Waals surface area contributed by atoms with Crippen molar-refractivity contribution < 1.29 is 18.0 Å². The van der Waals surface area contributed by atoms with E-state index in [0.29, 0.717) is 0 Å². The van der Waals surface area contributed by atoms with Gasteiger partial charge in [-0.1, -0.05) is 81.4 Å². The number of carbonyl (C=O) groups is 1. The number of hydrogen-bond donors (Lipinski definition) is 0. The summed E-state index contributed by atoms with van der Waals surface area (Å²) < 4.78 is 35.6. The average molecular weight is 430 g/mol. The number of amides is 1. The van der Waals surface area contributed by atoms with Crippen LogP contribution in [0.4, 0.5) is 8.78 Å². The summed E-state index contributed by atoms with van der Waals surface area (Å²) in [7, 11) is -2.83. The number of rotatable bonds is 5. The van der Waals surface area contributed by atoms with Crippen molar-refractivity contribution in [3.63, 3.8) is 0 Å². The average Bonchev–Trinajstić information content (AvgIpc) is 3.14. The van der Waals surface area contributed by atoms with E-state index >= 15 is 0 Å². The van der Waals surface area contributed by atoms with E-state index in [1.165, 1.54) is 4.90 Å². The molecule has 2 heterocycles. The molecule has 0 spiro atoms. The Bertz CT molecular complexity index is 863. The van der Waals surface area contributed by atoms with Gasteiger partial charge in [0.2, 0.25) is 0 Å². The van der Waals surface area contributed by atoms with Crippen molar-refractivity contribution in [1.29, 1.82) is 0 Å². The highest BCUT2D eigenvalue weighted by atomic mass is 28.4. The van der Waals surface area contributed by atoms with E-state index in [4.69, 9.17) is 4.43 Å². The first-order chi connectivity index (χ1) is 14.2. The summed E-state index contributed by atoms with van der Waals surface area (Å²) in [6.07, 6.45) is -2.56. The molecule has 30 heavy (non-hydrogen) atoms. The third kappa shape index (κ3) is 3.30. The van der Waals surface area contributed by atoms with E-state index in [9.17, 15) is 13.6 Å². The number of benzene rings is 2. The van der Waals surface area contributed by atoms with Crippen molar-refractivity contribution in [2.45, 2.75) is 56.5 Å². The second-order valence-corrected chi connectivity index (χ2v) is 13.9. The van der Waals surface area contributed by atoms with E-state index in [1.807, 2.05) is 36.4 Å². The van der Waals surface area contributed by atoms with Crippen molar-refractivity contribution in [3.05, 3.63) is 60.7 Å². The van der Waals surface area contributed by atoms with Crippen LogP contribution in [0.1, 0.15) is 33.6 Å². The van der Waals surface area contributed by atoms with E-state index < -0.39 is 32.1 Å². The quantitative estimate of drug-likeness (QED) is 0.680. The monoisotopic (exact) mass is 429 g/mol. The molecule has 1 amide bonds. The third-order valence-corrected chi connectivity index (χ3v) is 11.6. The first-order valence-electron chi connectivity index (χ1n) is 10.5. The van der Waals surface area contributed by atoms with Gasteiger partial charge in [0, 0.05) is 12.8 Å². The van der Waals surface area contributed by atoms with Crippen LogP contribution < -0.4 is 10.4 Å². The normalized spacial score (nSPS) is 26.8. The Morgan fingerprint density at radius 2 is 1.53 bits per heavy atom. The zero-order valence-corrected chi connectivity index (χ0v) is 18.8. The van der Waals surface area contributed by atoms with Crippen LogP contribution in [-0.2, 0) is 9.22 Å². The minimum atomic E-state index is -2.83. The fourth-order valence-electron chi connectivity index (χ4n) is 5.29. The van der Waals surface area contributed by atoms with Gasteiger partial charge in [0.15, 0.2) is 6.17 Å². The van der Waals surface area contributed by atoms with Gasteiger partial charge in [0.05, 0.1) is 18.7 Å². The fourth-order valence-corrected chi connectivity index (χ4v) is 9.93. The molecule has 160 valence electrons. The maximum Gasteiger partial charge on any atom is 0.261 e. The summed E-state index contributed by atoms with van der Waals surface area (Å²) in [4.78, 5) is 13.7. The first-order valence-corrected chi connectivity index (χ1v) is 12.5. The topological polar surface area (TPSA) is 29.5 Å². The Balaban J connectivity index is 1.79. The molecule has 0 saturated carbocycles. The molecule has 4 rings (SSSR count).